The number of carbonyl (C=O) groups is 1. The van der Waals surface area contributed by atoms with Gasteiger partial charge in [-0.3, -0.25) is 4.79 Å². The number of amides is 1. The Morgan fingerprint density at radius 1 is 1.37 bits per heavy atom. The van der Waals surface area contributed by atoms with Crippen molar-refractivity contribution in [3.05, 3.63) is 30.3 Å². The summed E-state index contributed by atoms with van der Waals surface area (Å²) >= 11 is 0. The maximum atomic E-state index is 11.5. The van der Waals surface area contributed by atoms with Crippen LogP contribution in [0.5, 0.6) is 5.75 Å². The largest absolute Gasteiger partial charge is 0.493 e. The van der Waals surface area contributed by atoms with Crippen molar-refractivity contribution in [1.82, 2.24) is 5.32 Å². The number of hydrogen-bond donors (Lipinski definition) is 2. The highest BCUT2D eigenvalue weighted by Crippen LogP contribution is 2.08. The zero-order valence-corrected chi connectivity index (χ0v) is 11.3. The minimum Gasteiger partial charge on any atom is -0.493 e. The fourth-order valence-corrected chi connectivity index (χ4v) is 1.56. The monoisotopic (exact) mass is 266 g/mol. The van der Waals surface area contributed by atoms with Crippen LogP contribution in [0.25, 0.3) is 0 Å². The summed E-state index contributed by atoms with van der Waals surface area (Å²) in [5.74, 6) is 0.748. The number of nitrogens with two attached hydrogens (primary N) is 1. The molecule has 5 heteroatoms. The van der Waals surface area contributed by atoms with Crippen molar-refractivity contribution in [2.75, 3.05) is 26.9 Å². The van der Waals surface area contributed by atoms with Gasteiger partial charge in [-0.2, -0.15) is 0 Å². The van der Waals surface area contributed by atoms with Gasteiger partial charge in [-0.1, -0.05) is 18.2 Å². The van der Waals surface area contributed by atoms with Crippen LogP contribution < -0.4 is 15.8 Å². The molecular formula is C14H22N2O3. The number of nitrogens with one attached hydrogen (secondary N) is 1. The van der Waals surface area contributed by atoms with E-state index in [0.29, 0.717) is 32.6 Å². The maximum absolute atomic E-state index is 11.5. The van der Waals surface area contributed by atoms with E-state index >= 15 is 0 Å². The molecule has 1 aromatic carbocycles. The molecule has 0 heterocycles. The number of carbonyl (C=O) groups excluding carboxylic acids is 1. The van der Waals surface area contributed by atoms with Gasteiger partial charge in [0.15, 0.2) is 0 Å². The minimum atomic E-state index is -0.0362. The van der Waals surface area contributed by atoms with Gasteiger partial charge in [-0.25, -0.2) is 0 Å². The molecule has 1 aromatic rings. The average molecular weight is 266 g/mol. The van der Waals surface area contributed by atoms with E-state index in [9.17, 15) is 4.79 Å². The molecular weight excluding hydrogens is 244 g/mol. The number of methoxy groups -OCH3 is 1. The van der Waals surface area contributed by atoms with Gasteiger partial charge < -0.3 is 20.5 Å². The van der Waals surface area contributed by atoms with Gasteiger partial charge in [-0.05, 0) is 18.6 Å². The molecule has 0 aliphatic heterocycles. The number of rotatable bonds is 9. The molecule has 106 valence electrons. The van der Waals surface area contributed by atoms with Crippen LogP contribution in [0.15, 0.2) is 30.3 Å². The van der Waals surface area contributed by atoms with Crippen molar-refractivity contribution in [2.45, 2.75) is 18.9 Å². The van der Waals surface area contributed by atoms with E-state index in [2.05, 4.69) is 5.32 Å². The van der Waals surface area contributed by atoms with Crippen LogP contribution in [0.2, 0.25) is 0 Å². The highest BCUT2D eigenvalue weighted by atomic mass is 16.5. The van der Waals surface area contributed by atoms with Crippen LogP contribution in [0.4, 0.5) is 0 Å². The second-order valence-electron chi connectivity index (χ2n) is 4.27. The number of benzene rings is 1. The fraction of sp³-hybridized carbons (Fsp3) is 0.500. The van der Waals surface area contributed by atoms with Crippen LogP contribution in [0.3, 0.4) is 0 Å². The topological polar surface area (TPSA) is 73.6 Å². The third-order valence-electron chi connectivity index (χ3n) is 2.56. The normalized spacial score (nSPS) is 11.9. The van der Waals surface area contributed by atoms with Crippen LogP contribution in [0, 0.1) is 0 Å². The summed E-state index contributed by atoms with van der Waals surface area (Å²) in [6.07, 6.45) is 1.05. The highest BCUT2D eigenvalue weighted by Gasteiger charge is 2.04. The van der Waals surface area contributed by atoms with Crippen LogP contribution in [-0.2, 0) is 9.53 Å². The summed E-state index contributed by atoms with van der Waals surface area (Å²) in [4.78, 5) is 11.5. The molecule has 0 aromatic heterocycles. The summed E-state index contributed by atoms with van der Waals surface area (Å²) in [5.41, 5.74) is 5.75. The first-order chi connectivity index (χ1) is 9.22. The number of hydrogen-bond acceptors (Lipinski definition) is 4. The summed E-state index contributed by atoms with van der Waals surface area (Å²) < 4.78 is 10.4. The van der Waals surface area contributed by atoms with Gasteiger partial charge in [0.25, 0.3) is 0 Å². The minimum absolute atomic E-state index is 0.0273. The van der Waals surface area contributed by atoms with Crippen molar-refractivity contribution in [3.8, 4) is 5.75 Å². The Morgan fingerprint density at radius 3 is 2.79 bits per heavy atom. The Hall–Kier alpha value is -1.59. The molecule has 0 aliphatic rings. The van der Waals surface area contributed by atoms with E-state index in [1.54, 1.807) is 7.11 Å². The number of ether oxygens (including phenoxy) is 2. The molecule has 1 atom stereocenters. The molecule has 1 rings (SSSR count). The molecule has 1 amide bonds. The molecule has 3 N–H and O–H groups in total. The van der Waals surface area contributed by atoms with E-state index < -0.39 is 0 Å². The molecule has 0 bridgehead atoms. The molecule has 19 heavy (non-hydrogen) atoms. The van der Waals surface area contributed by atoms with Gasteiger partial charge in [0.1, 0.15) is 5.75 Å². The number of para-hydroxylation sites is 1. The molecule has 1 unspecified atom stereocenters. The quantitative estimate of drug-likeness (QED) is 0.697. The lowest BCUT2D eigenvalue weighted by Gasteiger charge is -2.11. The smallest absolute Gasteiger partial charge is 0.223 e. The lowest BCUT2D eigenvalue weighted by atomic mass is 10.2. The average Bonchev–Trinajstić information content (AvgIpc) is 2.40. The van der Waals surface area contributed by atoms with Gasteiger partial charge in [-0.15, -0.1) is 0 Å². The predicted molar refractivity (Wildman–Crippen MR) is 74.0 cm³/mol. The van der Waals surface area contributed by atoms with Gasteiger partial charge in [0.2, 0.25) is 5.91 Å². The fourth-order valence-electron chi connectivity index (χ4n) is 1.56. The lowest BCUT2D eigenvalue weighted by molar-refractivity contribution is -0.121. The standard InChI is InChI=1S/C14H22N2O3/c1-18-11-12(15)7-9-16-14(17)8-10-19-13-5-3-2-4-6-13/h2-6,12H,7-11,15H2,1H3,(H,16,17). The summed E-state index contributed by atoms with van der Waals surface area (Å²) in [7, 11) is 1.61. The summed E-state index contributed by atoms with van der Waals surface area (Å²) in [5, 5.41) is 2.80. The van der Waals surface area contributed by atoms with Crippen molar-refractivity contribution in [3.63, 3.8) is 0 Å². The second-order valence-corrected chi connectivity index (χ2v) is 4.27. The first-order valence-electron chi connectivity index (χ1n) is 6.41. The molecule has 0 radical (unpaired) electrons. The van der Waals surface area contributed by atoms with Gasteiger partial charge in [0.05, 0.1) is 19.6 Å². The third-order valence-corrected chi connectivity index (χ3v) is 2.56. The van der Waals surface area contributed by atoms with Crippen molar-refractivity contribution < 1.29 is 14.3 Å². The first-order valence-corrected chi connectivity index (χ1v) is 6.41. The Morgan fingerprint density at radius 2 is 2.11 bits per heavy atom. The van der Waals surface area contributed by atoms with Crippen LogP contribution in [0.1, 0.15) is 12.8 Å². The SMILES string of the molecule is COCC(N)CCNC(=O)CCOc1ccccc1. The zero-order valence-electron chi connectivity index (χ0n) is 11.3. The molecule has 0 saturated carbocycles. The molecule has 0 spiro atoms. The van der Waals surface area contributed by atoms with Crippen molar-refractivity contribution >= 4 is 5.91 Å². The highest BCUT2D eigenvalue weighted by molar-refractivity contribution is 5.75. The zero-order chi connectivity index (χ0) is 13.9. The second kappa shape index (κ2) is 9.35. The summed E-state index contributed by atoms with van der Waals surface area (Å²) in [6.45, 7) is 1.45. The Labute approximate surface area is 114 Å². The van der Waals surface area contributed by atoms with E-state index in [0.717, 1.165) is 5.75 Å². The van der Waals surface area contributed by atoms with E-state index in [-0.39, 0.29) is 11.9 Å². The Kier molecular flexibility index (Phi) is 7.62. The first kappa shape index (κ1) is 15.5. The molecule has 0 fully saturated rings. The van der Waals surface area contributed by atoms with E-state index in [1.165, 1.54) is 0 Å². The molecule has 0 aliphatic carbocycles. The molecule has 5 nitrogen and oxygen atoms in total. The van der Waals surface area contributed by atoms with Gasteiger partial charge in [0, 0.05) is 19.7 Å². The van der Waals surface area contributed by atoms with Crippen molar-refractivity contribution in [2.24, 2.45) is 5.73 Å². The van der Waals surface area contributed by atoms with Crippen molar-refractivity contribution in [1.29, 1.82) is 0 Å². The van der Waals surface area contributed by atoms with Crippen LogP contribution in [-0.4, -0.2) is 38.8 Å². The van der Waals surface area contributed by atoms with Crippen LogP contribution >= 0.6 is 0 Å². The summed E-state index contributed by atoms with van der Waals surface area (Å²) in [6, 6.07) is 9.40. The van der Waals surface area contributed by atoms with E-state index in [1.807, 2.05) is 30.3 Å². The maximum Gasteiger partial charge on any atom is 0.223 e. The van der Waals surface area contributed by atoms with E-state index in [4.69, 9.17) is 15.2 Å². The Bertz CT molecular complexity index is 357. The Balaban J connectivity index is 2.05. The third kappa shape index (κ3) is 7.43. The molecule has 0 saturated heterocycles. The predicted octanol–water partition coefficient (Wildman–Crippen LogP) is 0.936. The van der Waals surface area contributed by atoms with Gasteiger partial charge >= 0.3 is 0 Å². The lowest BCUT2D eigenvalue weighted by Crippen LogP contribution is -2.33.